The first-order valence-corrected chi connectivity index (χ1v) is 8.17. The number of rotatable bonds is 10. The van der Waals surface area contributed by atoms with Crippen LogP contribution in [0.4, 0.5) is 0 Å². The molecule has 0 aliphatic carbocycles. The Morgan fingerprint density at radius 1 is 0.750 bits per heavy atom. The van der Waals surface area contributed by atoms with Gasteiger partial charge in [0.2, 0.25) is 0 Å². The average Bonchev–Trinajstić information content (AvgIpc) is 2.43. The summed E-state index contributed by atoms with van der Waals surface area (Å²) in [5, 5.41) is 0. The average molecular weight is 274 g/mol. The Bertz CT molecular complexity index is 337. The molecule has 0 saturated heterocycles. The Morgan fingerprint density at radius 3 is 1.65 bits per heavy atom. The predicted molar refractivity (Wildman–Crippen MR) is 94.0 cm³/mol. The van der Waals surface area contributed by atoms with E-state index in [1.807, 2.05) is 0 Å². The van der Waals surface area contributed by atoms with Crippen molar-refractivity contribution in [3.05, 3.63) is 47.6 Å². The van der Waals surface area contributed by atoms with Crippen molar-refractivity contribution in [3.63, 3.8) is 0 Å². The van der Waals surface area contributed by atoms with Gasteiger partial charge in [0.05, 0.1) is 0 Å². The number of hydrogen-bond donors (Lipinski definition) is 0. The Kier molecular flexibility index (Phi) is 12.3. The lowest BCUT2D eigenvalue weighted by molar-refractivity contribution is 0.742. The zero-order valence-corrected chi connectivity index (χ0v) is 14.3. The molecule has 114 valence electrons. The molecule has 0 heteroatoms. The normalized spacial score (nSPS) is 14.1. The van der Waals surface area contributed by atoms with Crippen LogP contribution in [0.15, 0.2) is 47.6 Å². The van der Waals surface area contributed by atoms with Crippen molar-refractivity contribution in [2.75, 3.05) is 0 Å². The fourth-order valence-corrected chi connectivity index (χ4v) is 2.01. The topological polar surface area (TPSA) is 0 Å². The third kappa shape index (κ3) is 10.8. The Morgan fingerprint density at radius 2 is 1.20 bits per heavy atom. The Hall–Kier alpha value is -1.04. The maximum atomic E-state index is 2.34. The minimum atomic E-state index is 0.687. The summed E-state index contributed by atoms with van der Waals surface area (Å²) in [5.41, 5.74) is 3.12. The van der Waals surface area contributed by atoms with Crippen molar-refractivity contribution in [1.29, 1.82) is 0 Å². The van der Waals surface area contributed by atoms with Crippen molar-refractivity contribution in [2.45, 2.75) is 73.1 Å². The minimum Gasteiger partial charge on any atom is -0.0917 e. The van der Waals surface area contributed by atoms with E-state index in [1.165, 1.54) is 38.5 Å². The molecule has 20 heavy (non-hydrogen) atoms. The van der Waals surface area contributed by atoms with E-state index >= 15 is 0 Å². The monoisotopic (exact) mass is 274 g/mol. The highest BCUT2D eigenvalue weighted by Gasteiger charge is 2.00. The summed E-state index contributed by atoms with van der Waals surface area (Å²) < 4.78 is 0. The lowest BCUT2D eigenvalue weighted by atomic mass is 9.97. The van der Waals surface area contributed by atoms with Crippen LogP contribution in [0, 0.1) is 5.92 Å². The lowest BCUT2D eigenvalue weighted by Gasteiger charge is -2.09. The summed E-state index contributed by atoms with van der Waals surface area (Å²) in [6.45, 7) is 11.2. The van der Waals surface area contributed by atoms with Crippen LogP contribution < -0.4 is 0 Å². The summed E-state index contributed by atoms with van der Waals surface area (Å²) in [5.74, 6) is 0.687. The van der Waals surface area contributed by atoms with Gasteiger partial charge in [-0.15, -0.1) is 0 Å². The molecule has 0 nitrogen and oxygen atoms in total. The maximum Gasteiger partial charge on any atom is -0.0260 e. The molecule has 0 unspecified atom stereocenters. The first-order chi connectivity index (χ1) is 9.59. The van der Waals surface area contributed by atoms with Gasteiger partial charge in [0.15, 0.2) is 0 Å². The molecule has 0 spiro atoms. The molecule has 0 aliphatic rings. The summed E-state index contributed by atoms with van der Waals surface area (Å²) in [7, 11) is 0. The van der Waals surface area contributed by atoms with Gasteiger partial charge in [-0.05, 0) is 65.2 Å². The molecule has 0 radical (unpaired) electrons. The van der Waals surface area contributed by atoms with Crippen LogP contribution in [-0.2, 0) is 0 Å². The van der Waals surface area contributed by atoms with E-state index in [1.54, 1.807) is 11.1 Å². The Balaban J connectivity index is 3.66. The summed E-state index contributed by atoms with van der Waals surface area (Å²) >= 11 is 0. The minimum absolute atomic E-state index is 0.687. The third-order valence-corrected chi connectivity index (χ3v) is 3.79. The quantitative estimate of drug-likeness (QED) is 0.297. The highest BCUT2D eigenvalue weighted by atomic mass is 14.1. The van der Waals surface area contributed by atoms with Gasteiger partial charge in [-0.1, -0.05) is 61.4 Å². The van der Waals surface area contributed by atoms with E-state index in [4.69, 9.17) is 0 Å². The molecular formula is C20H34. The van der Waals surface area contributed by atoms with Crippen LogP contribution >= 0.6 is 0 Å². The van der Waals surface area contributed by atoms with Crippen molar-refractivity contribution in [3.8, 4) is 0 Å². The zero-order chi connectivity index (χ0) is 15.2. The fraction of sp³-hybridized carbons (Fsp3) is 0.600. The van der Waals surface area contributed by atoms with Crippen LogP contribution in [0.5, 0.6) is 0 Å². The van der Waals surface area contributed by atoms with Gasteiger partial charge in [0.1, 0.15) is 0 Å². The SMILES string of the molecule is CC=CCCC=CCCC=CCCC(C)=C(C)C(C)C. The first-order valence-electron chi connectivity index (χ1n) is 8.17. The molecule has 0 aliphatic heterocycles. The van der Waals surface area contributed by atoms with Crippen molar-refractivity contribution in [1.82, 2.24) is 0 Å². The molecule has 0 fully saturated rings. The standard InChI is InChI=1S/C20H34/c1-6-7-8-9-10-11-12-13-14-15-16-17-19(4)20(5)18(2)3/h6-7,10-11,14-15,18H,8-9,12-13,16-17H2,1-5H3. The van der Waals surface area contributed by atoms with Gasteiger partial charge in [0, 0.05) is 0 Å². The summed E-state index contributed by atoms with van der Waals surface area (Å²) in [6.07, 6.45) is 20.7. The molecule has 0 aromatic rings. The predicted octanol–water partition coefficient (Wildman–Crippen LogP) is 7.01. The van der Waals surface area contributed by atoms with E-state index in [0.717, 1.165) is 0 Å². The third-order valence-electron chi connectivity index (χ3n) is 3.79. The first kappa shape index (κ1) is 19.0. The second kappa shape index (κ2) is 13.0. The largest absolute Gasteiger partial charge is 0.0917 e. The van der Waals surface area contributed by atoms with Gasteiger partial charge in [-0.3, -0.25) is 0 Å². The van der Waals surface area contributed by atoms with E-state index in [0.29, 0.717) is 5.92 Å². The number of unbranched alkanes of at least 4 members (excludes halogenated alkanes) is 2. The van der Waals surface area contributed by atoms with E-state index in [2.05, 4.69) is 71.1 Å². The Labute approximate surface area is 127 Å². The fourth-order valence-electron chi connectivity index (χ4n) is 2.01. The highest BCUT2D eigenvalue weighted by molar-refractivity contribution is 5.12. The van der Waals surface area contributed by atoms with E-state index in [-0.39, 0.29) is 0 Å². The molecule has 0 heterocycles. The summed E-state index contributed by atoms with van der Waals surface area (Å²) in [4.78, 5) is 0. The van der Waals surface area contributed by atoms with Crippen LogP contribution in [-0.4, -0.2) is 0 Å². The lowest BCUT2D eigenvalue weighted by Crippen LogP contribution is -1.93. The second-order valence-electron chi connectivity index (χ2n) is 5.82. The maximum absolute atomic E-state index is 2.34. The van der Waals surface area contributed by atoms with E-state index in [9.17, 15) is 0 Å². The molecule has 0 aromatic heterocycles. The van der Waals surface area contributed by atoms with Crippen LogP contribution in [0.1, 0.15) is 73.1 Å². The summed E-state index contributed by atoms with van der Waals surface area (Å²) in [6, 6.07) is 0. The highest BCUT2D eigenvalue weighted by Crippen LogP contribution is 2.17. The van der Waals surface area contributed by atoms with Gasteiger partial charge in [0.25, 0.3) is 0 Å². The van der Waals surface area contributed by atoms with Crippen molar-refractivity contribution in [2.24, 2.45) is 5.92 Å². The van der Waals surface area contributed by atoms with Crippen LogP contribution in [0.3, 0.4) is 0 Å². The molecular weight excluding hydrogens is 240 g/mol. The van der Waals surface area contributed by atoms with Gasteiger partial charge in [-0.25, -0.2) is 0 Å². The zero-order valence-electron chi connectivity index (χ0n) is 14.3. The molecule has 0 amide bonds. The molecule has 0 atom stereocenters. The molecule has 0 aromatic carbocycles. The smallest absolute Gasteiger partial charge is 0.0260 e. The molecule has 0 N–H and O–H groups in total. The van der Waals surface area contributed by atoms with Gasteiger partial charge in [-0.2, -0.15) is 0 Å². The van der Waals surface area contributed by atoms with Gasteiger partial charge >= 0.3 is 0 Å². The van der Waals surface area contributed by atoms with Crippen molar-refractivity contribution < 1.29 is 0 Å². The molecule has 0 saturated carbocycles. The number of allylic oxidation sites excluding steroid dienone is 8. The molecule has 0 rings (SSSR count). The number of hydrogen-bond acceptors (Lipinski definition) is 0. The van der Waals surface area contributed by atoms with Crippen LogP contribution in [0.25, 0.3) is 0 Å². The van der Waals surface area contributed by atoms with E-state index < -0.39 is 0 Å². The van der Waals surface area contributed by atoms with Crippen molar-refractivity contribution >= 4 is 0 Å². The molecule has 0 bridgehead atoms. The van der Waals surface area contributed by atoms with Crippen LogP contribution in [0.2, 0.25) is 0 Å². The van der Waals surface area contributed by atoms with Gasteiger partial charge < -0.3 is 0 Å². The second-order valence-corrected chi connectivity index (χ2v) is 5.82.